The van der Waals surface area contributed by atoms with Gasteiger partial charge in [0.2, 0.25) is 0 Å². The van der Waals surface area contributed by atoms with E-state index in [0.717, 1.165) is 6.26 Å². The molecule has 2 N–H and O–H groups in total. The molecule has 1 aromatic rings. The zero-order chi connectivity index (χ0) is 14.6. The Balaban J connectivity index is 2.95. The second-order valence-corrected chi connectivity index (χ2v) is 6.41. The molecule has 0 atom stereocenters. The third-order valence-corrected chi connectivity index (χ3v) is 3.38. The third-order valence-electron chi connectivity index (χ3n) is 2.46. The maximum absolute atomic E-state index is 11.4. The lowest BCUT2D eigenvalue weighted by atomic mass is 10.3. The SMILES string of the molecule is COC(=O)c1ccc(N)c(N(C)CCS(C)(=O)=O)n1. The number of carbonyl (C=O) groups excluding carboxylic acids is 1. The summed E-state index contributed by atoms with van der Waals surface area (Å²) in [6.45, 7) is 0.237. The first-order chi connectivity index (χ1) is 8.74. The summed E-state index contributed by atoms with van der Waals surface area (Å²) >= 11 is 0. The molecule has 0 aliphatic heterocycles. The molecule has 1 heterocycles. The van der Waals surface area contributed by atoms with Crippen molar-refractivity contribution in [2.24, 2.45) is 0 Å². The highest BCUT2D eigenvalue weighted by atomic mass is 32.2. The third kappa shape index (κ3) is 4.40. The average Bonchev–Trinajstić information content (AvgIpc) is 2.34. The van der Waals surface area contributed by atoms with Gasteiger partial charge in [-0.05, 0) is 12.1 Å². The van der Waals surface area contributed by atoms with Gasteiger partial charge in [-0.2, -0.15) is 0 Å². The molecule has 1 rings (SSSR count). The number of rotatable bonds is 5. The molecule has 0 unspecified atom stereocenters. The van der Waals surface area contributed by atoms with Crippen LogP contribution in [0.25, 0.3) is 0 Å². The van der Waals surface area contributed by atoms with Crippen molar-refractivity contribution in [1.82, 2.24) is 4.98 Å². The Hall–Kier alpha value is -1.83. The second kappa shape index (κ2) is 5.87. The predicted molar refractivity (Wildman–Crippen MR) is 73.0 cm³/mol. The van der Waals surface area contributed by atoms with E-state index in [1.807, 2.05) is 0 Å². The van der Waals surface area contributed by atoms with Gasteiger partial charge in [-0.1, -0.05) is 0 Å². The van der Waals surface area contributed by atoms with Gasteiger partial charge in [0.05, 0.1) is 18.6 Å². The predicted octanol–water partition coefficient (Wildman–Crippen LogP) is -0.0688. The van der Waals surface area contributed by atoms with Gasteiger partial charge in [0.25, 0.3) is 0 Å². The maximum Gasteiger partial charge on any atom is 0.356 e. The molecule has 0 aliphatic rings. The summed E-state index contributed by atoms with van der Waals surface area (Å²) in [5.41, 5.74) is 6.25. The number of ether oxygens (including phenoxy) is 1. The number of methoxy groups -OCH3 is 1. The largest absolute Gasteiger partial charge is 0.464 e. The highest BCUT2D eigenvalue weighted by Crippen LogP contribution is 2.19. The van der Waals surface area contributed by atoms with Crippen molar-refractivity contribution in [3.8, 4) is 0 Å². The Morgan fingerprint density at radius 1 is 1.47 bits per heavy atom. The molecule has 0 bridgehead atoms. The molecule has 0 radical (unpaired) electrons. The minimum atomic E-state index is -3.07. The summed E-state index contributed by atoms with van der Waals surface area (Å²) in [6.07, 6.45) is 1.16. The van der Waals surface area contributed by atoms with Crippen LogP contribution in [0.15, 0.2) is 12.1 Å². The topological polar surface area (TPSA) is 103 Å². The van der Waals surface area contributed by atoms with E-state index in [1.165, 1.54) is 19.2 Å². The van der Waals surface area contributed by atoms with Gasteiger partial charge in [0.1, 0.15) is 9.84 Å². The number of sulfone groups is 1. The Labute approximate surface area is 112 Å². The Morgan fingerprint density at radius 2 is 2.11 bits per heavy atom. The van der Waals surface area contributed by atoms with Crippen LogP contribution in [0.4, 0.5) is 11.5 Å². The number of anilines is 2. The van der Waals surface area contributed by atoms with Gasteiger partial charge in [0, 0.05) is 19.8 Å². The lowest BCUT2D eigenvalue weighted by Crippen LogP contribution is -2.27. The molecule has 1 aromatic heterocycles. The molecule has 19 heavy (non-hydrogen) atoms. The average molecular weight is 287 g/mol. The fourth-order valence-corrected chi connectivity index (χ4v) is 2.00. The van der Waals surface area contributed by atoms with E-state index in [4.69, 9.17) is 5.73 Å². The van der Waals surface area contributed by atoms with Crippen LogP contribution in [-0.4, -0.2) is 52.1 Å². The molecule has 0 aliphatic carbocycles. The fraction of sp³-hybridized carbons (Fsp3) is 0.455. The molecular weight excluding hydrogens is 270 g/mol. The number of nitrogens with zero attached hydrogens (tertiary/aromatic N) is 2. The lowest BCUT2D eigenvalue weighted by molar-refractivity contribution is 0.0594. The second-order valence-electron chi connectivity index (χ2n) is 4.15. The molecule has 0 amide bonds. The molecule has 106 valence electrons. The summed E-state index contributed by atoms with van der Waals surface area (Å²) < 4.78 is 26.8. The lowest BCUT2D eigenvalue weighted by Gasteiger charge is -2.19. The standard InChI is InChI=1S/C11H17N3O4S/c1-14(6-7-19(3,16)17)10-8(12)4-5-9(13-10)11(15)18-2/h4-5H,6-7,12H2,1-3H3. The van der Waals surface area contributed by atoms with Crippen molar-refractivity contribution in [2.75, 3.05) is 43.3 Å². The smallest absolute Gasteiger partial charge is 0.356 e. The van der Waals surface area contributed by atoms with Crippen LogP contribution in [-0.2, 0) is 14.6 Å². The van der Waals surface area contributed by atoms with Crippen molar-refractivity contribution in [1.29, 1.82) is 0 Å². The van der Waals surface area contributed by atoms with E-state index in [2.05, 4.69) is 9.72 Å². The monoisotopic (exact) mass is 287 g/mol. The van der Waals surface area contributed by atoms with E-state index in [9.17, 15) is 13.2 Å². The van der Waals surface area contributed by atoms with Crippen molar-refractivity contribution < 1.29 is 17.9 Å². The highest BCUT2D eigenvalue weighted by Gasteiger charge is 2.14. The highest BCUT2D eigenvalue weighted by molar-refractivity contribution is 7.90. The van der Waals surface area contributed by atoms with Crippen molar-refractivity contribution in [3.05, 3.63) is 17.8 Å². The zero-order valence-electron chi connectivity index (χ0n) is 11.1. The van der Waals surface area contributed by atoms with Crippen LogP contribution >= 0.6 is 0 Å². The molecule has 0 fully saturated rings. The number of hydrogen-bond acceptors (Lipinski definition) is 7. The maximum atomic E-state index is 11.4. The number of carbonyl (C=O) groups is 1. The van der Waals surface area contributed by atoms with E-state index in [-0.39, 0.29) is 18.0 Å². The molecule has 8 heteroatoms. The Morgan fingerprint density at radius 3 is 2.63 bits per heavy atom. The number of nitrogens with two attached hydrogens (primary N) is 1. The Bertz CT molecular complexity index is 571. The summed E-state index contributed by atoms with van der Waals surface area (Å²) in [5, 5.41) is 0. The van der Waals surface area contributed by atoms with Gasteiger partial charge < -0.3 is 15.4 Å². The number of nitrogen functional groups attached to an aromatic ring is 1. The first kappa shape index (κ1) is 15.2. The van der Waals surface area contributed by atoms with Crippen LogP contribution in [0.3, 0.4) is 0 Å². The quantitative estimate of drug-likeness (QED) is 0.756. The van der Waals surface area contributed by atoms with Gasteiger partial charge in [-0.25, -0.2) is 18.2 Å². The number of esters is 1. The van der Waals surface area contributed by atoms with Crippen LogP contribution < -0.4 is 10.6 Å². The molecular formula is C11H17N3O4S. The van der Waals surface area contributed by atoms with E-state index < -0.39 is 15.8 Å². The fourth-order valence-electron chi connectivity index (χ4n) is 1.39. The van der Waals surface area contributed by atoms with Crippen molar-refractivity contribution >= 4 is 27.3 Å². The number of aromatic nitrogens is 1. The van der Waals surface area contributed by atoms with Crippen LogP contribution in [0.2, 0.25) is 0 Å². The summed E-state index contributed by atoms with van der Waals surface area (Å²) in [4.78, 5) is 17.0. The number of hydrogen-bond donors (Lipinski definition) is 1. The van der Waals surface area contributed by atoms with Gasteiger partial charge in [-0.15, -0.1) is 0 Å². The first-order valence-corrected chi connectivity index (χ1v) is 7.54. The summed E-state index contributed by atoms with van der Waals surface area (Å²) in [7, 11) is -0.158. The van der Waals surface area contributed by atoms with Crippen molar-refractivity contribution in [2.45, 2.75) is 0 Å². The van der Waals surface area contributed by atoms with Crippen LogP contribution in [0.5, 0.6) is 0 Å². The molecule has 0 spiro atoms. The molecule has 0 aromatic carbocycles. The summed E-state index contributed by atoms with van der Waals surface area (Å²) in [5.74, 6) is -0.239. The summed E-state index contributed by atoms with van der Waals surface area (Å²) in [6, 6.07) is 2.99. The Kier molecular flexibility index (Phi) is 4.71. The van der Waals surface area contributed by atoms with Crippen molar-refractivity contribution in [3.63, 3.8) is 0 Å². The molecule has 0 saturated heterocycles. The van der Waals surface area contributed by atoms with E-state index in [1.54, 1.807) is 11.9 Å². The molecule has 0 saturated carbocycles. The zero-order valence-corrected chi connectivity index (χ0v) is 11.9. The number of pyridine rings is 1. The first-order valence-electron chi connectivity index (χ1n) is 5.48. The minimum Gasteiger partial charge on any atom is -0.464 e. The minimum absolute atomic E-state index is 0.0208. The van der Waals surface area contributed by atoms with Gasteiger partial charge >= 0.3 is 5.97 Å². The molecule has 7 nitrogen and oxygen atoms in total. The van der Waals surface area contributed by atoms with Gasteiger partial charge in [0.15, 0.2) is 11.5 Å². The van der Waals surface area contributed by atoms with E-state index in [0.29, 0.717) is 11.5 Å². The van der Waals surface area contributed by atoms with E-state index >= 15 is 0 Å². The normalized spacial score (nSPS) is 11.1. The van der Waals surface area contributed by atoms with Crippen LogP contribution in [0.1, 0.15) is 10.5 Å². The van der Waals surface area contributed by atoms with Gasteiger partial charge in [-0.3, -0.25) is 0 Å². The van der Waals surface area contributed by atoms with Crippen LogP contribution in [0, 0.1) is 0 Å².